The summed E-state index contributed by atoms with van der Waals surface area (Å²) in [6.45, 7) is 5.16. The van der Waals surface area contributed by atoms with Gasteiger partial charge in [0.2, 0.25) is 15.9 Å². The molecule has 0 aliphatic heterocycles. The number of nitrogens with zero attached hydrogens (tertiary/aromatic N) is 2. The molecule has 0 atom stereocenters. The second kappa shape index (κ2) is 6.44. The van der Waals surface area contributed by atoms with Gasteiger partial charge in [0.1, 0.15) is 4.21 Å². The highest BCUT2D eigenvalue weighted by atomic mass is 32.2. The summed E-state index contributed by atoms with van der Waals surface area (Å²) < 4.78 is 31.7. The van der Waals surface area contributed by atoms with Gasteiger partial charge >= 0.3 is 0 Å². The molecule has 9 heteroatoms. The molecule has 2 heterocycles. The molecule has 7 nitrogen and oxygen atoms in total. The van der Waals surface area contributed by atoms with Gasteiger partial charge in [-0.3, -0.25) is 0 Å². The normalized spacial score (nSPS) is 11.9. The van der Waals surface area contributed by atoms with Gasteiger partial charge in [-0.2, -0.15) is 4.98 Å². The summed E-state index contributed by atoms with van der Waals surface area (Å²) in [5.74, 6) is 0.721. The molecule has 2 rings (SSSR count). The van der Waals surface area contributed by atoms with Crippen LogP contribution in [0.1, 0.15) is 24.2 Å². The van der Waals surface area contributed by atoms with Gasteiger partial charge in [0.05, 0.1) is 6.54 Å². The lowest BCUT2D eigenvalue weighted by Crippen LogP contribution is -2.23. The number of aromatic nitrogens is 2. The first-order valence-electron chi connectivity index (χ1n) is 6.08. The molecule has 0 aliphatic rings. The van der Waals surface area contributed by atoms with Gasteiger partial charge in [0.25, 0.3) is 0 Å². The molecule has 0 spiro atoms. The van der Waals surface area contributed by atoms with Crippen LogP contribution in [0.5, 0.6) is 0 Å². The molecule has 0 aliphatic carbocycles. The molecular formula is C11H16N4O3S2. The van der Waals surface area contributed by atoms with Gasteiger partial charge in [-0.25, -0.2) is 13.1 Å². The monoisotopic (exact) mass is 316 g/mol. The summed E-state index contributed by atoms with van der Waals surface area (Å²) in [5.41, 5.74) is 0.952. The maximum absolute atomic E-state index is 12.1. The van der Waals surface area contributed by atoms with Crippen molar-refractivity contribution in [3.8, 4) is 0 Å². The number of sulfonamides is 1. The van der Waals surface area contributed by atoms with Crippen LogP contribution in [0.3, 0.4) is 0 Å². The van der Waals surface area contributed by atoms with E-state index in [2.05, 4.69) is 20.2 Å². The predicted octanol–water partition coefficient (Wildman–Crippen LogP) is 1.03. The number of rotatable bonds is 7. The number of hydrogen-bond acceptors (Lipinski definition) is 7. The molecule has 0 saturated carbocycles. The Morgan fingerprint density at radius 2 is 2.20 bits per heavy atom. The summed E-state index contributed by atoms with van der Waals surface area (Å²) >= 11 is 1.19. The highest BCUT2D eigenvalue weighted by Crippen LogP contribution is 2.20. The lowest BCUT2D eigenvalue weighted by molar-refractivity contribution is 0.387. The summed E-state index contributed by atoms with van der Waals surface area (Å²) in [4.78, 5) is 3.94. The number of hydrogen-bond donors (Lipinski definition) is 2. The molecule has 2 N–H and O–H groups in total. The summed E-state index contributed by atoms with van der Waals surface area (Å²) in [6.07, 6.45) is 0. The van der Waals surface area contributed by atoms with Crippen LogP contribution in [0.25, 0.3) is 0 Å². The lowest BCUT2D eigenvalue weighted by Gasteiger charge is -2.01. The molecule has 20 heavy (non-hydrogen) atoms. The SMILES string of the molecule is CCNCc1csc(S(=O)(=O)NCc2noc(C)n2)c1. The standard InChI is InChI=1S/C11H16N4O3S2/c1-3-12-5-9-4-11(19-7-9)20(16,17)13-6-10-14-8(2)18-15-10/h4,7,12-13H,3,5-6H2,1-2H3. The molecular weight excluding hydrogens is 300 g/mol. The van der Waals surface area contributed by atoms with E-state index in [-0.39, 0.29) is 10.8 Å². The van der Waals surface area contributed by atoms with Crippen molar-refractivity contribution in [1.29, 1.82) is 0 Å². The molecule has 0 aromatic carbocycles. The second-order valence-electron chi connectivity index (χ2n) is 4.11. The van der Waals surface area contributed by atoms with E-state index in [0.29, 0.717) is 18.3 Å². The average Bonchev–Trinajstić information content (AvgIpc) is 3.03. The fourth-order valence-electron chi connectivity index (χ4n) is 1.50. The largest absolute Gasteiger partial charge is 0.340 e. The van der Waals surface area contributed by atoms with E-state index < -0.39 is 10.0 Å². The van der Waals surface area contributed by atoms with Crippen LogP contribution in [0, 0.1) is 6.92 Å². The Labute approximate surface area is 121 Å². The topological polar surface area (TPSA) is 97.1 Å². The Bertz CT molecular complexity index is 663. The van der Waals surface area contributed by atoms with Gasteiger partial charge < -0.3 is 9.84 Å². The Hall–Kier alpha value is -1.29. The van der Waals surface area contributed by atoms with E-state index in [9.17, 15) is 8.42 Å². The smallest absolute Gasteiger partial charge is 0.250 e. The molecule has 0 saturated heterocycles. The van der Waals surface area contributed by atoms with Crippen molar-refractivity contribution in [1.82, 2.24) is 20.2 Å². The molecule has 2 aromatic rings. The van der Waals surface area contributed by atoms with E-state index >= 15 is 0 Å². The molecule has 0 unspecified atom stereocenters. The first-order valence-corrected chi connectivity index (χ1v) is 8.44. The lowest BCUT2D eigenvalue weighted by atomic mass is 10.3. The van der Waals surface area contributed by atoms with E-state index in [0.717, 1.165) is 12.1 Å². The summed E-state index contributed by atoms with van der Waals surface area (Å²) in [6, 6.07) is 1.66. The van der Waals surface area contributed by atoms with Crippen molar-refractivity contribution >= 4 is 21.4 Å². The van der Waals surface area contributed by atoms with Gasteiger partial charge in [-0.1, -0.05) is 12.1 Å². The fourth-order valence-corrected chi connectivity index (χ4v) is 3.73. The molecule has 110 valence electrons. The Balaban J connectivity index is 2.00. The van der Waals surface area contributed by atoms with Crippen LogP contribution in [-0.2, 0) is 23.1 Å². The number of aryl methyl sites for hydroxylation is 1. The van der Waals surface area contributed by atoms with Crippen LogP contribution in [0.15, 0.2) is 20.2 Å². The van der Waals surface area contributed by atoms with Gasteiger partial charge in [-0.15, -0.1) is 11.3 Å². The first kappa shape index (κ1) is 15.1. The van der Waals surface area contributed by atoms with E-state index in [1.54, 1.807) is 13.0 Å². The van der Waals surface area contributed by atoms with E-state index in [4.69, 9.17) is 4.52 Å². The van der Waals surface area contributed by atoms with Crippen molar-refractivity contribution < 1.29 is 12.9 Å². The molecule has 0 bridgehead atoms. The number of thiophene rings is 1. The van der Waals surface area contributed by atoms with Gasteiger partial charge in [0, 0.05) is 13.5 Å². The zero-order chi connectivity index (χ0) is 14.6. The third kappa shape index (κ3) is 3.85. The molecule has 0 radical (unpaired) electrons. The van der Waals surface area contributed by atoms with Crippen molar-refractivity contribution in [3.05, 3.63) is 28.7 Å². The van der Waals surface area contributed by atoms with Crippen molar-refractivity contribution in [2.24, 2.45) is 0 Å². The van der Waals surface area contributed by atoms with Gasteiger partial charge in [-0.05, 0) is 23.6 Å². The van der Waals surface area contributed by atoms with Crippen molar-refractivity contribution in [2.75, 3.05) is 6.54 Å². The zero-order valence-electron chi connectivity index (χ0n) is 11.2. The van der Waals surface area contributed by atoms with Crippen LogP contribution in [-0.4, -0.2) is 25.1 Å². The van der Waals surface area contributed by atoms with Crippen molar-refractivity contribution in [3.63, 3.8) is 0 Å². The maximum Gasteiger partial charge on any atom is 0.250 e. The predicted molar refractivity (Wildman–Crippen MR) is 74.8 cm³/mol. The Kier molecular flexibility index (Phi) is 4.86. The van der Waals surface area contributed by atoms with Crippen LogP contribution in [0.2, 0.25) is 0 Å². The number of nitrogens with one attached hydrogen (secondary N) is 2. The second-order valence-corrected chi connectivity index (χ2v) is 7.01. The summed E-state index contributed by atoms with van der Waals surface area (Å²) in [5, 5.41) is 8.62. The van der Waals surface area contributed by atoms with E-state index in [1.165, 1.54) is 11.3 Å². The third-order valence-corrected chi connectivity index (χ3v) is 5.35. The fraction of sp³-hybridized carbons (Fsp3) is 0.455. The molecule has 2 aromatic heterocycles. The quantitative estimate of drug-likeness (QED) is 0.792. The Morgan fingerprint density at radius 3 is 2.85 bits per heavy atom. The van der Waals surface area contributed by atoms with Crippen molar-refractivity contribution in [2.45, 2.75) is 31.1 Å². The summed E-state index contributed by atoms with van der Waals surface area (Å²) in [7, 11) is -3.53. The zero-order valence-corrected chi connectivity index (χ0v) is 12.8. The highest BCUT2D eigenvalue weighted by molar-refractivity contribution is 7.91. The molecule has 0 amide bonds. The Morgan fingerprint density at radius 1 is 1.40 bits per heavy atom. The van der Waals surface area contributed by atoms with E-state index in [1.807, 2.05) is 12.3 Å². The van der Waals surface area contributed by atoms with Crippen LogP contribution < -0.4 is 10.0 Å². The van der Waals surface area contributed by atoms with Gasteiger partial charge in [0.15, 0.2) is 5.82 Å². The maximum atomic E-state index is 12.1. The minimum absolute atomic E-state index is 0.0140. The first-order chi connectivity index (χ1) is 9.51. The molecule has 0 fully saturated rings. The third-order valence-electron chi connectivity index (χ3n) is 2.46. The minimum Gasteiger partial charge on any atom is -0.340 e. The van der Waals surface area contributed by atoms with Crippen LogP contribution >= 0.6 is 11.3 Å². The minimum atomic E-state index is -3.53. The highest BCUT2D eigenvalue weighted by Gasteiger charge is 2.17. The average molecular weight is 316 g/mol. The van der Waals surface area contributed by atoms with Crippen LogP contribution in [0.4, 0.5) is 0 Å².